The highest BCUT2D eigenvalue weighted by atomic mass is 32.1. The highest BCUT2D eigenvalue weighted by molar-refractivity contribution is 7.19. The summed E-state index contributed by atoms with van der Waals surface area (Å²) in [5.41, 5.74) is 0.608. The molecule has 2 aromatic heterocycles. The van der Waals surface area contributed by atoms with Gasteiger partial charge < -0.3 is 9.15 Å². The van der Waals surface area contributed by atoms with E-state index in [0.717, 1.165) is 15.5 Å². The van der Waals surface area contributed by atoms with Gasteiger partial charge in [0.2, 0.25) is 5.55 Å². The summed E-state index contributed by atoms with van der Waals surface area (Å²) in [5.74, 6) is -0.558. The molecule has 96 valence electrons. The number of benzene rings is 1. The molecule has 2 heterocycles. The zero-order valence-corrected chi connectivity index (χ0v) is 11.3. The Morgan fingerprint density at radius 1 is 1.37 bits per heavy atom. The summed E-state index contributed by atoms with van der Waals surface area (Å²) < 4.78 is 11.3. The van der Waals surface area contributed by atoms with Gasteiger partial charge in [-0.1, -0.05) is 0 Å². The van der Waals surface area contributed by atoms with E-state index in [9.17, 15) is 4.79 Å². The summed E-state index contributed by atoms with van der Waals surface area (Å²) in [6.07, 6.45) is 0. The van der Waals surface area contributed by atoms with Gasteiger partial charge in [-0.25, -0.2) is 4.79 Å². The molecule has 4 nitrogen and oxygen atoms in total. The Bertz CT molecular complexity index is 860. The maximum atomic E-state index is 11.5. The number of fused-ring (bicyclic) bond motifs is 3. The minimum Gasteiger partial charge on any atom is -0.465 e. The Kier molecular flexibility index (Phi) is 2.64. The molecule has 19 heavy (non-hydrogen) atoms. The molecule has 3 rings (SSSR count). The number of hydrogen-bond donors (Lipinski definition) is 1. The Hall–Kier alpha value is -2.14. The molecule has 0 saturated carbocycles. The third-order valence-electron chi connectivity index (χ3n) is 2.96. The van der Waals surface area contributed by atoms with E-state index in [1.807, 2.05) is 25.1 Å². The van der Waals surface area contributed by atoms with Crippen LogP contribution in [0.4, 0.5) is 0 Å². The average molecular weight is 273 g/mol. The molecule has 0 unspecified atom stereocenters. The molecule has 0 radical (unpaired) electrons. The summed E-state index contributed by atoms with van der Waals surface area (Å²) in [4.78, 5) is 12.7. The SMILES string of the molecule is COC(=O)c1cc2ccc3sc(C)cc3c2oc1=N. The van der Waals surface area contributed by atoms with Crippen molar-refractivity contribution in [3.63, 3.8) is 0 Å². The molecule has 1 aromatic carbocycles. The fourth-order valence-electron chi connectivity index (χ4n) is 2.10. The number of ether oxygens (including phenoxy) is 1. The highest BCUT2D eigenvalue weighted by Gasteiger charge is 2.13. The van der Waals surface area contributed by atoms with E-state index in [-0.39, 0.29) is 11.1 Å². The van der Waals surface area contributed by atoms with Crippen LogP contribution in [0.1, 0.15) is 15.2 Å². The van der Waals surface area contributed by atoms with Crippen molar-refractivity contribution in [3.8, 4) is 0 Å². The van der Waals surface area contributed by atoms with Crippen molar-refractivity contribution in [2.75, 3.05) is 7.11 Å². The van der Waals surface area contributed by atoms with Crippen molar-refractivity contribution in [2.24, 2.45) is 0 Å². The van der Waals surface area contributed by atoms with Crippen LogP contribution in [0, 0.1) is 12.3 Å². The number of carbonyl (C=O) groups is 1. The van der Waals surface area contributed by atoms with Gasteiger partial charge in [0.15, 0.2) is 0 Å². The molecule has 0 aliphatic heterocycles. The summed E-state index contributed by atoms with van der Waals surface area (Å²) in [5, 5.41) is 9.57. The largest absolute Gasteiger partial charge is 0.465 e. The summed E-state index contributed by atoms with van der Waals surface area (Å²) in [6.45, 7) is 2.03. The van der Waals surface area contributed by atoms with Crippen LogP contribution in [0.3, 0.4) is 0 Å². The molecule has 0 atom stereocenters. The minimum atomic E-state index is -0.558. The van der Waals surface area contributed by atoms with Gasteiger partial charge >= 0.3 is 5.97 Å². The molecule has 0 spiro atoms. The molecule has 0 aliphatic carbocycles. The Morgan fingerprint density at radius 3 is 2.89 bits per heavy atom. The maximum Gasteiger partial charge on any atom is 0.343 e. The first kappa shape index (κ1) is 11.9. The van der Waals surface area contributed by atoms with Crippen molar-refractivity contribution in [2.45, 2.75) is 6.92 Å². The van der Waals surface area contributed by atoms with Gasteiger partial charge in [0.1, 0.15) is 11.1 Å². The van der Waals surface area contributed by atoms with Gasteiger partial charge in [-0.15, -0.1) is 11.3 Å². The van der Waals surface area contributed by atoms with Crippen LogP contribution < -0.4 is 5.55 Å². The number of nitrogens with one attached hydrogen (secondary N) is 1. The van der Waals surface area contributed by atoms with Crippen molar-refractivity contribution in [1.82, 2.24) is 0 Å². The predicted molar refractivity (Wildman–Crippen MR) is 73.5 cm³/mol. The molecule has 0 saturated heterocycles. The van der Waals surface area contributed by atoms with Crippen molar-refractivity contribution in [3.05, 3.63) is 40.3 Å². The van der Waals surface area contributed by atoms with E-state index < -0.39 is 5.97 Å². The molecule has 0 aliphatic rings. The lowest BCUT2D eigenvalue weighted by molar-refractivity contribution is 0.0595. The minimum absolute atomic E-state index is 0.140. The zero-order valence-electron chi connectivity index (χ0n) is 10.4. The number of thiophene rings is 1. The van der Waals surface area contributed by atoms with E-state index in [1.165, 1.54) is 12.0 Å². The standard InChI is InChI=1S/C14H11NO3S/c1-7-5-9-11(19-7)4-3-8-6-10(14(16)17-2)13(15)18-12(8)9/h3-6,15H,1-2H3. The van der Waals surface area contributed by atoms with Gasteiger partial charge in [-0.2, -0.15) is 0 Å². The van der Waals surface area contributed by atoms with Crippen LogP contribution in [0.25, 0.3) is 21.1 Å². The van der Waals surface area contributed by atoms with E-state index >= 15 is 0 Å². The summed E-state index contributed by atoms with van der Waals surface area (Å²) in [7, 11) is 1.29. The fourth-order valence-corrected chi connectivity index (χ4v) is 3.02. The van der Waals surface area contributed by atoms with E-state index in [1.54, 1.807) is 17.4 Å². The number of aryl methyl sites for hydroxylation is 1. The lowest BCUT2D eigenvalue weighted by atomic mass is 10.1. The van der Waals surface area contributed by atoms with Gasteiger partial charge in [0.05, 0.1) is 7.11 Å². The molecule has 5 heteroatoms. The van der Waals surface area contributed by atoms with Gasteiger partial charge in [-0.3, -0.25) is 5.41 Å². The molecule has 0 bridgehead atoms. The van der Waals surface area contributed by atoms with Gasteiger partial charge in [0.25, 0.3) is 0 Å². The van der Waals surface area contributed by atoms with Crippen LogP contribution in [0.15, 0.2) is 28.7 Å². The third kappa shape index (κ3) is 1.82. The average Bonchev–Trinajstić information content (AvgIpc) is 2.78. The second-order valence-corrected chi connectivity index (χ2v) is 5.52. The number of hydrogen-bond acceptors (Lipinski definition) is 5. The molecule has 0 amide bonds. The summed E-state index contributed by atoms with van der Waals surface area (Å²) >= 11 is 1.67. The van der Waals surface area contributed by atoms with E-state index in [0.29, 0.717) is 5.58 Å². The number of esters is 1. The third-order valence-corrected chi connectivity index (χ3v) is 3.97. The van der Waals surface area contributed by atoms with Crippen LogP contribution >= 0.6 is 11.3 Å². The van der Waals surface area contributed by atoms with Gasteiger partial charge in [0, 0.05) is 20.3 Å². The first-order chi connectivity index (χ1) is 9.10. The summed E-state index contributed by atoms with van der Waals surface area (Å²) in [6, 6.07) is 7.56. The monoisotopic (exact) mass is 273 g/mol. The topological polar surface area (TPSA) is 63.3 Å². The predicted octanol–water partition coefficient (Wildman–Crippen LogP) is 3.22. The van der Waals surface area contributed by atoms with E-state index in [4.69, 9.17) is 9.83 Å². The molecule has 3 aromatic rings. The highest BCUT2D eigenvalue weighted by Crippen LogP contribution is 2.31. The van der Waals surface area contributed by atoms with Crippen molar-refractivity contribution >= 4 is 38.4 Å². The Balaban J connectivity index is 2.40. The smallest absolute Gasteiger partial charge is 0.343 e. The fraction of sp³-hybridized carbons (Fsp3) is 0.143. The van der Waals surface area contributed by atoms with Crippen LogP contribution in [0.5, 0.6) is 0 Å². The Morgan fingerprint density at radius 2 is 2.16 bits per heavy atom. The number of methoxy groups -OCH3 is 1. The lowest BCUT2D eigenvalue weighted by Crippen LogP contribution is -2.15. The van der Waals surface area contributed by atoms with E-state index in [2.05, 4.69) is 4.74 Å². The molecule has 0 fully saturated rings. The molecular weight excluding hydrogens is 262 g/mol. The lowest BCUT2D eigenvalue weighted by Gasteiger charge is -2.02. The number of carbonyl (C=O) groups excluding carboxylic acids is 1. The van der Waals surface area contributed by atoms with Crippen molar-refractivity contribution in [1.29, 1.82) is 5.41 Å². The van der Waals surface area contributed by atoms with Crippen LogP contribution in [-0.2, 0) is 4.74 Å². The first-order valence-electron chi connectivity index (χ1n) is 5.70. The quantitative estimate of drug-likeness (QED) is 0.692. The second kappa shape index (κ2) is 4.20. The Labute approximate surface area is 112 Å². The van der Waals surface area contributed by atoms with Crippen LogP contribution in [0.2, 0.25) is 0 Å². The van der Waals surface area contributed by atoms with Crippen LogP contribution in [-0.4, -0.2) is 13.1 Å². The first-order valence-corrected chi connectivity index (χ1v) is 6.51. The second-order valence-electron chi connectivity index (χ2n) is 4.23. The van der Waals surface area contributed by atoms with Crippen molar-refractivity contribution < 1.29 is 13.9 Å². The number of rotatable bonds is 1. The zero-order chi connectivity index (χ0) is 13.6. The van der Waals surface area contributed by atoms with Gasteiger partial charge in [-0.05, 0) is 31.2 Å². The molecule has 1 N–H and O–H groups in total. The molecular formula is C14H11NO3S. The normalized spacial score (nSPS) is 11.1. The maximum absolute atomic E-state index is 11.5.